The van der Waals surface area contributed by atoms with Gasteiger partial charge in [0, 0.05) is 18.7 Å². The molecule has 0 spiro atoms. The molecule has 1 N–H and O–H groups in total. The van der Waals surface area contributed by atoms with E-state index < -0.39 is 0 Å². The highest BCUT2D eigenvalue weighted by Crippen LogP contribution is 2.24. The van der Waals surface area contributed by atoms with Crippen LogP contribution in [0.25, 0.3) is 0 Å². The summed E-state index contributed by atoms with van der Waals surface area (Å²) in [5.41, 5.74) is 1.13. The van der Waals surface area contributed by atoms with Crippen molar-refractivity contribution < 1.29 is 4.74 Å². The Labute approximate surface area is 121 Å². The van der Waals surface area contributed by atoms with Gasteiger partial charge in [0.2, 0.25) is 0 Å². The molecule has 0 aromatic carbocycles. The minimum Gasteiger partial charge on any atom is -0.378 e. The number of aromatic amines is 1. The number of halogens is 1. The Balaban J connectivity index is 2.20. The zero-order chi connectivity index (χ0) is 13.1. The van der Waals surface area contributed by atoms with Gasteiger partial charge in [0.05, 0.1) is 10.6 Å². The minimum atomic E-state index is 0.290. The lowest BCUT2D eigenvalue weighted by Crippen LogP contribution is -2.22. The van der Waals surface area contributed by atoms with E-state index in [1.807, 2.05) is 0 Å². The van der Waals surface area contributed by atoms with Crippen LogP contribution < -0.4 is 0 Å². The first-order valence-corrected chi connectivity index (χ1v) is 7.68. The van der Waals surface area contributed by atoms with Crippen LogP contribution in [0, 0.1) is 4.64 Å². The van der Waals surface area contributed by atoms with Crippen LogP contribution in [-0.2, 0) is 11.2 Å². The number of ether oxygens (including phenoxy) is 1. The van der Waals surface area contributed by atoms with Crippen molar-refractivity contribution in [2.24, 2.45) is 0 Å². The highest BCUT2D eigenvalue weighted by molar-refractivity contribution is 9.10. The molecule has 0 radical (unpaired) electrons. The van der Waals surface area contributed by atoms with Gasteiger partial charge in [0.15, 0.2) is 0 Å². The molecule has 0 aliphatic carbocycles. The number of aromatic nitrogens is 2. The maximum atomic E-state index is 5.75. The van der Waals surface area contributed by atoms with Gasteiger partial charge in [-0.3, -0.25) is 0 Å². The third kappa shape index (κ3) is 3.39. The van der Waals surface area contributed by atoms with E-state index in [-0.39, 0.29) is 6.10 Å². The van der Waals surface area contributed by atoms with E-state index in [2.05, 4.69) is 39.7 Å². The van der Waals surface area contributed by atoms with Gasteiger partial charge in [-0.2, -0.15) is 0 Å². The second-order valence-electron chi connectivity index (χ2n) is 5.06. The number of rotatable bonds is 3. The number of nitrogens with one attached hydrogen (secondary N) is 1. The Bertz CT molecular complexity index is 467. The van der Waals surface area contributed by atoms with Gasteiger partial charge in [-0.25, -0.2) is 4.98 Å². The first-order chi connectivity index (χ1) is 8.58. The van der Waals surface area contributed by atoms with Crippen LogP contribution in [0.1, 0.15) is 50.5 Å². The highest BCUT2D eigenvalue weighted by atomic mass is 79.9. The summed E-state index contributed by atoms with van der Waals surface area (Å²) >= 11 is 8.81. The third-order valence-corrected chi connectivity index (χ3v) is 4.57. The van der Waals surface area contributed by atoms with E-state index >= 15 is 0 Å². The summed E-state index contributed by atoms with van der Waals surface area (Å²) < 4.78 is 7.31. The number of nitrogens with zero attached hydrogens (tertiary/aromatic N) is 1. The van der Waals surface area contributed by atoms with Gasteiger partial charge < -0.3 is 9.72 Å². The smallest absolute Gasteiger partial charge is 0.144 e. The second kappa shape index (κ2) is 6.26. The van der Waals surface area contributed by atoms with Gasteiger partial charge in [-0.05, 0) is 41.1 Å². The summed E-state index contributed by atoms with van der Waals surface area (Å²) in [7, 11) is 0. The Morgan fingerprint density at radius 1 is 1.50 bits per heavy atom. The molecular formula is C13H19BrN2OS. The third-order valence-electron chi connectivity index (χ3n) is 3.21. The SMILES string of the molecule is CC(C)c1[nH]c(CC2CCCCO2)nc(=S)c1Br. The molecule has 1 aliphatic rings. The molecule has 2 rings (SSSR count). The number of H-pyrrole nitrogens is 1. The molecule has 0 amide bonds. The Morgan fingerprint density at radius 2 is 2.28 bits per heavy atom. The van der Waals surface area contributed by atoms with Crippen LogP contribution >= 0.6 is 28.1 Å². The first kappa shape index (κ1) is 14.2. The minimum absolute atomic E-state index is 0.290. The molecular weight excluding hydrogens is 312 g/mol. The van der Waals surface area contributed by atoms with E-state index in [9.17, 15) is 0 Å². The Hall–Kier alpha value is -0.260. The van der Waals surface area contributed by atoms with Crippen LogP contribution in [0.5, 0.6) is 0 Å². The van der Waals surface area contributed by atoms with Crippen LogP contribution in [-0.4, -0.2) is 22.7 Å². The highest BCUT2D eigenvalue weighted by Gasteiger charge is 2.17. The fraction of sp³-hybridized carbons (Fsp3) is 0.692. The van der Waals surface area contributed by atoms with Crippen LogP contribution in [0.15, 0.2) is 4.47 Å². The van der Waals surface area contributed by atoms with Crippen LogP contribution in [0.3, 0.4) is 0 Å². The molecule has 0 bridgehead atoms. The van der Waals surface area contributed by atoms with Gasteiger partial charge in [0.1, 0.15) is 10.5 Å². The van der Waals surface area contributed by atoms with Gasteiger partial charge in [-0.15, -0.1) is 0 Å². The van der Waals surface area contributed by atoms with E-state index in [4.69, 9.17) is 17.0 Å². The molecule has 1 aromatic rings. The van der Waals surface area contributed by atoms with Crippen molar-refractivity contribution >= 4 is 28.1 Å². The van der Waals surface area contributed by atoms with Crippen LogP contribution in [0.4, 0.5) is 0 Å². The standard InChI is InChI=1S/C13H19BrN2OS/c1-8(2)12-11(14)13(18)16-10(15-12)7-9-5-3-4-6-17-9/h8-9H,3-7H2,1-2H3,(H,15,16,18). The zero-order valence-corrected chi connectivity index (χ0v) is 13.2. The summed E-state index contributed by atoms with van der Waals surface area (Å²) in [6.45, 7) is 5.16. The lowest BCUT2D eigenvalue weighted by molar-refractivity contribution is 0.0156. The summed E-state index contributed by atoms with van der Waals surface area (Å²) in [4.78, 5) is 7.84. The molecule has 1 aliphatic heterocycles. The van der Waals surface area contributed by atoms with Crippen molar-refractivity contribution in [3.8, 4) is 0 Å². The lowest BCUT2D eigenvalue weighted by atomic mass is 10.1. The molecule has 2 heterocycles. The Morgan fingerprint density at radius 3 is 2.89 bits per heavy atom. The molecule has 1 atom stereocenters. The molecule has 1 aromatic heterocycles. The normalized spacial score (nSPS) is 20.3. The van der Waals surface area contributed by atoms with Crippen LogP contribution in [0.2, 0.25) is 0 Å². The van der Waals surface area contributed by atoms with Crippen molar-refractivity contribution in [2.45, 2.75) is 51.6 Å². The monoisotopic (exact) mass is 330 g/mol. The van der Waals surface area contributed by atoms with Gasteiger partial charge in [0.25, 0.3) is 0 Å². The molecule has 1 fully saturated rings. The molecule has 3 nitrogen and oxygen atoms in total. The average Bonchev–Trinajstić information content (AvgIpc) is 2.34. The molecule has 100 valence electrons. The zero-order valence-electron chi connectivity index (χ0n) is 10.8. The fourth-order valence-corrected chi connectivity index (χ4v) is 3.07. The van der Waals surface area contributed by atoms with E-state index in [1.165, 1.54) is 12.8 Å². The maximum absolute atomic E-state index is 5.75. The topological polar surface area (TPSA) is 37.9 Å². The quantitative estimate of drug-likeness (QED) is 0.846. The predicted molar refractivity (Wildman–Crippen MR) is 78.5 cm³/mol. The van der Waals surface area contributed by atoms with Gasteiger partial charge in [-0.1, -0.05) is 26.1 Å². The second-order valence-corrected chi connectivity index (χ2v) is 6.24. The number of hydrogen-bond acceptors (Lipinski definition) is 3. The summed E-state index contributed by atoms with van der Waals surface area (Å²) in [6.07, 6.45) is 4.67. The lowest BCUT2D eigenvalue weighted by Gasteiger charge is -2.22. The largest absolute Gasteiger partial charge is 0.378 e. The van der Waals surface area contributed by atoms with E-state index in [0.717, 1.165) is 35.4 Å². The molecule has 1 saturated heterocycles. The van der Waals surface area contributed by atoms with Crippen molar-refractivity contribution in [1.82, 2.24) is 9.97 Å². The number of hydrogen-bond donors (Lipinski definition) is 1. The van der Waals surface area contributed by atoms with E-state index in [0.29, 0.717) is 10.6 Å². The molecule has 1 unspecified atom stereocenters. The van der Waals surface area contributed by atoms with Crippen molar-refractivity contribution in [3.05, 3.63) is 20.6 Å². The molecule has 5 heteroatoms. The summed E-state index contributed by atoms with van der Waals surface area (Å²) in [6, 6.07) is 0. The molecule has 18 heavy (non-hydrogen) atoms. The molecule has 0 saturated carbocycles. The summed E-state index contributed by atoms with van der Waals surface area (Å²) in [5.74, 6) is 1.34. The predicted octanol–water partition coefficient (Wildman–Crippen LogP) is 4.14. The average molecular weight is 331 g/mol. The first-order valence-electron chi connectivity index (χ1n) is 6.48. The fourth-order valence-electron chi connectivity index (χ4n) is 2.20. The van der Waals surface area contributed by atoms with E-state index in [1.54, 1.807) is 0 Å². The maximum Gasteiger partial charge on any atom is 0.144 e. The van der Waals surface area contributed by atoms with Crippen molar-refractivity contribution in [1.29, 1.82) is 0 Å². The van der Waals surface area contributed by atoms with Gasteiger partial charge >= 0.3 is 0 Å². The van der Waals surface area contributed by atoms with Crippen molar-refractivity contribution in [2.75, 3.05) is 6.61 Å². The van der Waals surface area contributed by atoms with Crippen molar-refractivity contribution in [3.63, 3.8) is 0 Å². The summed E-state index contributed by atoms with van der Waals surface area (Å²) in [5, 5.41) is 0. The Kier molecular flexibility index (Phi) is 4.92.